The summed E-state index contributed by atoms with van der Waals surface area (Å²) in [6.45, 7) is 2.19. The normalized spacial score (nSPS) is 11.1. The molecule has 0 aliphatic rings. The number of thiophene rings is 1. The zero-order chi connectivity index (χ0) is 14.7. The Kier molecular flexibility index (Phi) is 4.48. The number of hydrogen-bond acceptors (Lipinski definition) is 4. The van der Waals surface area contributed by atoms with Crippen LogP contribution >= 0.6 is 27.3 Å². The summed E-state index contributed by atoms with van der Waals surface area (Å²) in [5.41, 5.74) is 1.67. The Morgan fingerprint density at radius 3 is 3.00 bits per heavy atom. The lowest BCUT2D eigenvalue weighted by Gasteiger charge is -2.09. The number of hydrogen-bond donors (Lipinski definition) is 1. The molecular formula is C15H14BrN3OS. The van der Waals surface area contributed by atoms with Crippen molar-refractivity contribution in [1.82, 2.24) is 14.9 Å². The third-order valence-corrected chi connectivity index (χ3v) is 4.88. The molecule has 0 unspecified atom stereocenters. The highest BCUT2D eigenvalue weighted by atomic mass is 79.9. The maximum absolute atomic E-state index is 12.0. The minimum Gasteiger partial charge on any atom is -0.310 e. The number of nitrogens with one attached hydrogen (secondary N) is 1. The number of benzene rings is 1. The molecule has 0 amide bonds. The number of nitrogens with zero attached hydrogens (tertiary/aromatic N) is 2. The van der Waals surface area contributed by atoms with Gasteiger partial charge in [0.1, 0.15) is 0 Å². The van der Waals surface area contributed by atoms with Gasteiger partial charge < -0.3 is 9.88 Å². The fourth-order valence-corrected chi connectivity index (χ4v) is 3.61. The van der Waals surface area contributed by atoms with Crippen LogP contribution in [0.2, 0.25) is 0 Å². The monoisotopic (exact) mass is 363 g/mol. The van der Waals surface area contributed by atoms with E-state index in [1.54, 1.807) is 15.9 Å². The van der Waals surface area contributed by atoms with Crippen molar-refractivity contribution in [2.45, 2.75) is 13.1 Å². The molecule has 4 nitrogen and oxygen atoms in total. The molecule has 2 aromatic heterocycles. The van der Waals surface area contributed by atoms with Gasteiger partial charge in [-0.3, -0.25) is 4.79 Å². The summed E-state index contributed by atoms with van der Waals surface area (Å²) in [6, 6.07) is 9.81. The zero-order valence-electron chi connectivity index (χ0n) is 11.3. The zero-order valence-corrected chi connectivity index (χ0v) is 13.7. The van der Waals surface area contributed by atoms with Gasteiger partial charge in [0.15, 0.2) is 0 Å². The van der Waals surface area contributed by atoms with Crippen LogP contribution in [0, 0.1) is 0 Å². The second-order valence-electron chi connectivity index (χ2n) is 4.64. The Morgan fingerprint density at radius 1 is 1.33 bits per heavy atom. The van der Waals surface area contributed by atoms with Gasteiger partial charge in [0.25, 0.3) is 5.56 Å². The molecule has 0 radical (unpaired) electrons. The van der Waals surface area contributed by atoms with E-state index in [2.05, 4.69) is 37.7 Å². The third kappa shape index (κ3) is 3.40. The van der Waals surface area contributed by atoms with Gasteiger partial charge in [-0.05, 0) is 34.1 Å². The van der Waals surface area contributed by atoms with E-state index in [0.29, 0.717) is 6.54 Å². The average Bonchev–Trinajstić information content (AvgIpc) is 2.91. The van der Waals surface area contributed by atoms with Crippen LogP contribution in [0.25, 0.3) is 11.0 Å². The van der Waals surface area contributed by atoms with Crippen molar-refractivity contribution in [1.29, 1.82) is 0 Å². The smallest absolute Gasteiger partial charge is 0.269 e. The molecule has 0 spiro atoms. The lowest BCUT2D eigenvalue weighted by molar-refractivity contribution is 0.599. The van der Waals surface area contributed by atoms with Gasteiger partial charge in [0.05, 0.1) is 17.2 Å². The van der Waals surface area contributed by atoms with E-state index in [-0.39, 0.29) is 5.56 Å². The number of aromatic nitrogens is 2. The van der Waals surface area contributed by atoms with E-state index in [4.69, 9.17) is 0 Å². The SMILES string of the molecule is O=c1cnc2ccccc2n1CCNCc1cc(Br)cs1. The topological polar surface area (TPSA) is 46.9 Å². The molecule has 21 heavy (non-hydrogen) atoms. The number of para-hydroxylation sites is 2. The Labute approximate surface area is 134 Å². The van der Waals surface area contributed by atoms with E-state index in [9.17, 15) is 4.79 Å². The largest absolute Gasteiger partial charge is 0.310 e. The molecule has 0 saturated heterocycles. The molecule has 2 heterocycles. The molecule has 0 fully saturated rings. The summed E-state index contributed by atoms with van der Waals surface area (Å²) < 4.78 is 2.88. The van der Waals surface area contributed by atoms with Crippen molar-refractivity contribution in [2.75, 3.05) is 6.54 Å². The van der Waals surface area contributed by atoms with Crippen molar-refractivity contribution in [3.05, 3.63) is 61.6 Å². The summed E-state index contributed by atoms with van der Waals surface area (Å²) in [7, 11) is 0. The maximum Gasteiger partial charge on any atom is 0.269 e. The number of halogens is 1. The first-order valence-electron chi connectivity index (χ1n) is 6.62. The van der Waals surface area contributed by atoms with Crippen LogP contribution in [0.3, 0.4) is 0 Å². The van der Waals surface area contributed by atoms with Crippen LogP contribution in [-0.2, 0) is 13.1 Å². The summed E-state index contributed by atoms with van der Waals surface area (Å²) in [5, 5.41) is 5.43. The van der Waals surface area contributed by atoms with E-state index in [1.807, 2.05) is 24.3 Å². The molecule has 1 N–H and O–H groups in total. The number of fused-ring (bicyclic) bond motifs is 1. The molecule has 3 rings (SSSR count). The highest BCUT2D eigenvalue weighted by molar-refractivity contribution is 9.10. The van der Waals surface area contributed by atoms with Crippen LogP contribution in [0.4, 0.5) is 0 Å². The standard InChI is InChI=1S/C15H14BrN3OS/c16-11-7-12(21-10-11)8-17-5-6-19-14-4-2-1-3-13(14)18-9-15(19)20/h1-4,7,9-10,17H,5-6,8H2. The van der Waals surface area contributed by atoms with Gasteiger partial charge in [-0.25, -0.2) is 4.98 Å². The van der Waals surface area contributed by atoms with Crippen molar-refractivity contribution < 1.29 is 0 Å². The second kappa shape index (κ2) is 6.51. The molecule has 6 heteroatoms. The Balaban J connectivity index is 1.68. The van der Waals surface area contributed by atoms with E-state index < -0.39 is 0 Å². The van der Waals surface area contributed by atoms with Gasteiger partial charge in [-0.2, -0.15) is 0 Å². The minimum absolute atomic E-state index is 0.0608. The molecule has 0 aliphatic carbocycles. The summed E-state index contributed by atoms with van der Waals surface area (Å²) in [4.78, 5) is 17.4. The molecule has 3 aromatic rings. The highest BCUT2D eigenvalue weighted by Crippen LogP contribution is 2.19. The lowest BCUT2D eigenvalue weighted by atomic mass is 10.3. The Bertz CT molecular complexity index is 812. The average molecular weight is 364 g/mol. The predicted octanol–water partition coefficient (Wildman–Crippen LogP) is 3.01. The van der Waals surface area contributed by atoms with Crippen molar-refractivity contribution in [2.24, 2.45) is 0 Å². The first kappa shape index (κ1) is 14.4. The molecule has 0 bridgehead atoms. The van der Waals surface area contributed by atoms with E-state index in [1.165, 1.54) is 11.1 Å². The fourth-order valence-electron chi connectivity index (χ4n) is 2.19. The van der Waals surface area contributed by atoms with Crippen molar-refractivity contribution in [3.63, 3.8) is 0 Å². The van der Waals surface area contributed by atoms with Gasteiger partial charge >= 0.3 is 0 Å². The highest BCUT2D eigenvalue weighted by Gasteiger charge is 2.03. The van der Waals surface area contributed by atoms with E-state index >= 15 is 0 Å². The van der Waals surface area contributed by atoms with Gasteiger partial charge in [0.2, 0.25) is 0 Å². The number of rotatable bonds is 5. The minimum atomic E-state index is -0.0608. The van der Waals surface area contributed by atoms with Crippen LogP contribution in [0.15, 0.2) is 51.2 Å². The predicted molar refractivity (Wildman–Crippen MR) is 89.7 cm³/mol. The summed E-state index contributed by atoms with van der Waals surface area (Å²) in [5.74, 6) is 0. The summed E-state index contributed by atoms with van der Waals surface area (Å²) >= 11 is 5.16. The first-order valence-corrected chi connectivity index (χ1v) is 8.29. The molecule has 1 aromatic carbocycles. The molecule has 108 valence electrons. The van der Waals surface area contributed by atoms with Gasteiger partial charge in [-0.15, -0.1) is 11.3 Å². The fraction of sp³-hybridized carbons (Fsp3) is 0.200. The quantitative estimate of drug-likeness (QED) is 0.708. The second-order valence-corrected chi connectivity index (χ2v) is 6.56. The Hall–Kier alpha value is -1.50. The van der Waals surface area contributed by atoms with Crippen LogP contribution < -0.4 is 10.9 Å². The molecule has 0 aliphatic heterocycles. The molecular weight excluding hydrogens is 350 g/mol. The van der Waals surface area contributed by atoms with Crippen LogP contribution in [-0.4, -0.2) is 16.1 Å². The molecule has 0 saturated carbocycles. The van der Waals surface area contributed by atoms with Gasteiger partial charge in [-0.1, -0.05) is 12.1 Å². The first-order chi connectivity index (χ1) is 10.2. The van der Waals surface area contributed by atoms with E-state index in [0.717, 1.165) is 28.6 Å². The Morgan fingerprint density at radius 2 is 2.19 bits per heavy atom. The third-order valence-electron chi connectivity index (χ3n) is 3.19. The van der Waals surface area contributed by atoms with Gasteiger partial charge in [0, 0.05) is 34.4 Å². The summed E-state index contributed by atoms with van der Waals surface area (Å²) in [6.07, 6.45) is 1.39. The molecule has 0 atom stereocenters. The van der Waals surface area contributed by atoms with Crippen LogP contribution in [0.5, 0.6) is 0 Å². The van der Waals surface area contributed by atoms with Crippen LogP contribution in [0.1, 0.15) is 4.88 Å². The van der Waals surface area contributed by atoms with Crippen molar-refractivity contribution in [3.8, 4) is 0 Å². The van der Waals surface area contributed by atoms with Crippen molar-refractivity contribution >= 4 is 38.3 Å². The maximum atomic E-state index is 12.0. The lowest BCUT2D eigenvalue weighted by Crippen LogP contribution is -2.27.